The summed E-state index contributed by atoms with van der Waals surface area (Å²) < 4.78 is 16.6. The highest BCUT2D eigenvalue weighted by molar-refractivity contribution is 7.12. The lowest BCUT2D eigenvalue weighted by Crippen LogP contribution is -2.38. The van der Waals surface area contributed by atoms with Crippen LogP contribution in [0.3, 0.4) is 0 Å². The van der Waals surface area contributed by atoms with E-state index in [1.165, 1.54) is 11.3 Å². The lowest BCUT2D eigenvalue weighted by atomic mass is 10.0. The van der Waals surface area contributed by atoms with Crippen LogP contribution in [0.15, 0.2) is 46.3 Å². The van der Waals surface area contributed by atoms with Crippen molar-refractivity contribution in [3.63, 3.8) is 0 Å². The van der Waals surface area contributed by atoms with Crippen molar-refractivity contribution in [2.75, 3.05) is 51.5 Å². The monoisotopic (exact) mass is 441 g/mol. The third kappa shape index (κ3) is 4.98. The molecule has 164 valence electrons. The Hall–Kier alpha value is -2.68. The zero-order valence-corrected chi connectivity index (χ0v) is 18.7. The van der Waals surface area contributed by atoms with Crippen LogP contribution in [0.25, 0.3) is 11.3 Å². The van der Waals surface area contributed by atoms with E-state index < -0.39 is 0 Å². The zero-order chi connectivity index (χ0) is 21.6. The second kappa shape index (κ2) is 10.1. The van der Waals surface area contributed by atoms with Crippen LogP contribution in [-0.4, -0.2) is 62.5 Å². The fourth-order valence-electron chi connectivity index (χ4n) is 3.68. The van der Waals surface area contributed by atoms with Gasteiger partial charge in [0, 0.05) is 32.3 Å². The van der Waals surface area contributed by atoms with Gasteiger partial charge in [-0.25, -0.2) is 0 Å². The van der Waals surface area contributed by atoms with Gasteiger partial charge >= 0.3 is 0 Å². The fraction of sp³-hybridized carbons (Fsp3) is 0.391. The lowest BCUT2D eigenvalue weighted by Gasteiger charge is -2.28. The molecule has 31 heavy (non-hydrogen) atoms. The summed E-state index contributed by atoms with van der Waals surface area (Å²) in [6.07, 6.45) is 0. The predicted octanol–water partition coefficient (Wildman–Crippen LogP) is 3.84. The minimum atomic E-state index is -0.0173. The van der Waals surface area contributed by atoms with E-state index in [2.05, 4.69) is 29.1 Å². The molecule has 2 aromatic heterocycles. The molecule has 0 unspecified atom stereocenters. The van der Waals surface area contributed by atoms with Crippen molar-refractivity contribution >= 4 is 23.1 Å². The van der Waals surface area contributed by atoms with Gasteiger partial charge in [-0.2, -0.15) is 0 Å². The molecule has 1 saturated heterocycles. The summed E-state index contributed by atoms with van der Waals surface area (Å²) >= 11 is 1.44. The zero-order valence-electron chi connectivity index (χ0n) is 17.9. The average molecular weight is 442 g/mol. The van der Waals surface area contributed by atoms with Crippen LogP contribution in [0.2, 0.25) is 0 Å². The molecular weight excluding hydrogens is 414 g/mol. The second-order valence-electron chi connectivity index (χ2n) is 7.48. The van der Waals surface area contributed by atoms with Gasteiger partial charge in [0.2, 0.25) is 5.88 Å². The number of carbonyl (C=O) groups excluding carboxylic acids is 1. The van der Waals surface area contributed by atoms with Gasteiger partial charge in [-0.1, -0.05) is 35.0 Å². The highest BCUT2D eigenvalue weighted by Crippen LogP contribution is 2.33. The Morgan fingerprint density at radius 3 is 2.81 bits per heavy atom. The van der Waals surface area contributed by atoms with E-state index in [4.69, 9.17) is 14.0 Å². The average Bonchev–Trinajstić information content (AvgIpc) is 3.47. The molecule has 8 heteroatoms. The summed E-state index contributed by atoms with van der Waals surface area (Å²) in [6.45, 7) is 6.11. The number of benzene rings is 1. The normalized spacial score (nSPS) is 14.1. The standard InChI is InChI=1S/C23H27N3O4S/c1-17-5-3-6-18(15-17)21-19(23(30-24-21)25-9-12-29-13-10-25)16-26(8-11-28-2)22(27)20-7-4-14-31-20/h3-7,14-15H,8-13,16H2,1-2H3. The van der Waals surface area contributed by atoms with Crippen molar-refractivity contribution in [2.24, 2.45) is 0 Å². The van der Waals surface area contributed by atoms with E-state index in [-0.39, 0.29) is 5.91 Å². The largest absolute Gasteiger partial charge is 0.383 e. The molecule has 1 aliphatic rings. The fourth-order valence-corrected chi connectivity index (χ4v) is 4.37. The third-order valence-corrected chi connectivity index (χ3v) is 6.15. The number of hydrogen-bond donors (Lipinski definition) is 0. The van der Waals surface area contributed by atoms with Crippen LogP contribution in [0.4, 0.5) is 5.88 Å². The van der Waals surface area contributed by atoms with E-state index in [0.717, 1.165) is 35.5 Å². The summed E-state index contributed by atoms with van der Waals surface area (Å²) in [5, 5.41) is 6.35. The van der Waals surface area contributed by atoms with Crippen molar-refractivity contribution < 1.29 is 18.8 Å². The van der Waals surface area contributed by atoms with Gasteiger partial charge in [-0.15, -0.1) is 11.3 Å². The van der Waals surface area contributed by atoms with Crippen LogP contribution >= 0.6 is 11.3 Å². The molecule has 0 saturated carbocycles. The first-order chi connectivity index (χ1) is 15.2. The highest BCUT2D eigenvalue weighted by Gasteiger charge is 2.27. The molecule has 0 bridgehead atoms. The van der Waals surface area contributed by atoms with Crippen molar-refractivity contribution in [2.45, 2.75) is 13.5 Å². The van der Waals surface area contributed by atoms with Crippen molar-refractivity contribution in [1.29, 1.82) is 0 Å². The van der Waals surface area contributed by atoms with Gasteiger partial charge in [-0.3, -0.25) is 4.79 Å². The van der Waals surface area contributed by atoms with E-state index in [1.807, 2.05) is 34.5 Å². The summed E-state index contributed by atoms with van der Waals surface area (Å²) in [5.41, 5.74) is 3.80. The van der Waals surface area contributed by atoms with Gasteiger partial charge in [0.15, 0.2) is 0 Å². The number of rotatable bonds is 8. The molecule has 1 amide bonds. The summed E-state index contributed by atoms with van der Waals surface area (Å²) in [4.78, 5) is 17.9. The Bertz CT molecular complexity index is 996. The van der Waals surface area contributed by atoms with Crippen molar-refractivity contribution in [3.05, 3.63) is 57.8 Å². The maximum Gasteiger partial charge on any atom is 0.264 e. The molecule has 4 rings (SSSR count). The van der Waals surface area contributed by atoms with E-state index >= 15 is 0 Å². The first kappa shape index (κ1) is 21.5. The summed E-state index contributed by atoms with van der Waals surface area (Å²) in [5.74, 6) is 0.692. The minimum absolute atomic E-state index is 0.0173. The number of thiophene rings is 1. The number of carbonyl (C=O) groups is 1. The van der Waals surface area contributed by atoms with E-state index in [1.54, 1.807) is 7.11 Å². The van der Waals surface area contributed by atoms with E-state index in [0.29, 0.717) is 43.7 Å². The number of anilines is 1. The number of methoxy groups -OCH3 is 1. The topological polar surface area (TPSA) is 68.0 Å². The Morgan fingerprint density at radius 1 is 1.26 bits per heavy atom. The molecule has 1 aromatic carbocycles. The number of morpholine rings is 1. The smallest absolute Gasteiger partial charge is 0.264 e. The molecule has 1 fully saturated rings. The minimum Gasteiger partial charge on any atom is -0.383 e. The maximum atomic E-state index is 13.2. The highest BCUT2D eigenvalue weighted by atomic mass is 32.1. The molecule has 7 nitrogen and oxygen atoms in total. The molecular formula is C23H27N3O4S. The second-order valence-corrected chi connectivity index (χ2v) is 8.43. The summed E-state index contributed by atoms with van der Waals surface area (Å²) in [6, 6.07) is 11.9. The Labute approximate surface area is 186 Å². The number of aryl methyl sites for hydroxylation is 1. The number of nitrogens with zero attached hydrogens (tertiary/aromatic N) is 3. The van der Waals surface area contributed by atoms with Gasteiger partial charge in [0.1, 0.15) is 5.69 Å². The number of ether oxygens (including phenoxy) is 2. The molecule has 0 atom stereocenters. The number of aromatic nitrogens is 1. The Kier molecular flexibility index (Phi) is 7.01. The molecule has 0 radical (unpaired) electrons. The van der Waals surface area contributed by atoms with Crippen LogP contribution in [-0.2, 0) is 16.0 Å². The molecule has 1 aliphatic heterocycles. The van der Waals surface area contributed by atoms with Crippen molar-refractivity contribution in [1.82, 2.24) is 10.1 Å². The first-order valence-electron chi connectivity index (χ1n) is 10.4. The molecule has 0 N–H and O–H groups in total. The third-order valence-electron chi connectivity index (χ3n) is 5.29. The van der Waals surface area contributed by atoms with Gasteiger partial charge in [0.25, 0.3) is 5.91 Å². The van der Waals surface area contributed by atoms with Gasteiger partial charge in [0.05, 0.1) is 36.8 Å². The van der Waals surface area contributed by atoms with E-state index in [9.17, 15) is 4.79 Å². The van der Waals surface area contributed by atoms with Gasteiger partial charge < -0.3 is 23.8 Å². The number of hydrogen-bond acceptors (Lipinski definition) is 7. The predicted molar refractivity (Wildman–Crippen MR) is 121 cm³/mol. The van der Waals surface area contributed by atoms with Crippen LogP contribution in [0.1, 0.15) is 20.8 Å². The van der Waals surface area contributed by atoms with Gasteiger partial charge in [-0.05, 0) is 24.4 Å². The maximum absolute atomic E-state index is 13.2. The quantitative estimate of drug-likeness (QED) is 0.529. The van der Waals surface area contributed by atoms with Crippen LogP contribution in [0.5, 0.6) is 0 Å². The SMILES string of the molecule is COCCN(Cc1c(-c2cccc(C)c2)noc1N1CCOCC1)C(=O)c1cccs1. The van der Waals surface area contributed by atoms with Crippen LogP contribution in [0, 0.1) is 6.92 Å². The Balaban J connectivity index is 1.72. The van der Waals surface area contributed by atoms with Crippen molar-refractivity contribution in [3.8, 4) is 11.3 Å². The summed E-state index contributed by atoms with van der Waals surface area (Å²) in [7, 11) is 1.64. The molecule has 0 aliphatic carbocycles. The van der Waals surface area contributed by atoms with Crippen LogP contribution < -0.4 is 4.90 Å². The molecule has 3 aromatic rings. The molecule has 3 heterocycles. The Morgan fingerprint density at radius 2 is 2.10 bits per heavy atom. The molecule has 0 spiro atoms. The lowest BCUT2D eigenvalue weighted by molar-refractivity contribution is 0.0685. The first-order valence-corrected chi connectivity index (χ1v) is 11.3. The number of amides is 1.